The molecule has 0 aliphatic carbocycles. The maximum absolute atomic E-state index is 6.17. The minimum Gasteiger partial charge on any atom is -0.356 e. The Hall–Kier alpha value is -1.28. The Kier molecular flexibility index (Phi) is 2.30. The van der Waals surface area contributed by atoms with Crippen LogP contribution in [0.3, 0.4) is 0 Å². The van der Waals surface area contributed by atoms with Crippen LogP contribution in [0.2, 0.25) is 0 Å². The third-order valence-corrected chi connectivity index (χ3v) is 2.66. The highest BCUT2D eigenvalue weighted by atomic mass is 15.2. The molecule has 1 aromatic rings. The lowest BCUT2D eigenvalue weighted by molar-refractivity contribution is 0.232. The van der Waals surface area contributed by atoms with E-state index in [1.54, 1.807) is 0 Å². The quantitative estimate of drug-likeness (QED) is 0.733. The molecule has 0 aromatic heterocycles. The van der Waals surface area contributed by atoms with Crippen molar-refractivity contribution in [3.63, 3.8) is 0 Å². The van der Waals surface area contributed by atoms with Crippen molar-refractivity contribution in [3.05, 3.63) is 41.6 Å². The highest BCUT2D eigenvalue weighted by Crippen LogP contribution is 2.27. The van der Waals surface area contributed by atoms with Crippen molar-refractivity contribution in [2.45, 2.75) is 26.1 Å². The minimum absolute atomic E-state index is 0.00352. The van der Waals surface area contributed by atoms with Gasteiger partial charge in [0.05, 0.1) is 0 Å². The van der Waals surface area contributed by atoms with E-state index < -0.39 is 0 Å². The van der Waals surface area contributed by atoms with Gasteiger partial charge in [0.2, 0.25) is 0 Å². The number of nitrogens with two attached hydrogens (primary N) is 1. The van der Waals surface area contributed by atoms with Crippen LogP contribution >= 0.6 is 0 Å². The summed E-state index contributed by atoms with van der Waals surface area (Å²) in [6.07, 6.45) is 4.20. The SMILES string of the molecule is CC(C)N1C=Cc2ccccc2C1N. The molecule has 0 bridgehead atoms. The van der Waals surface area contributed by atoms with Gasteiger partial charge in [0.15, 0.2) is 0 Å². The third-order valence-electron chi connectivity index (χ3n) is 2.66. The molecule has 1 atom stereocenters. The van der Waals surface area contributed by atoms with E-state index in [2.05, 4.69) is 43.2 Å². The van der Waals surface area contributed by atoms with E-state index >= 15 is 0 Å². The molecule has 74 valence electrons. The molecule has 0 radical (unpaired) electrons. The Morgan fingerprint density at radius 2 is 2.00 bits per heavy atom. The second-order valence-corrected chi connectivity index (χ2v) is 3.93. The molecule has 0 saturated carbocycles. The van der Waals surface area contributed by atoms with E-state index in [1.807, 2.05) is 12.1 Å². The summed E-state index contributed by atoms with van der Waals surface area (Å²) >= 11 is 0. The lowest BCUT2D eigenvalue weighted by atomic mass is 10.0. The molecule has 1 aliphatic heterocycles. The van der Waals surface area contributed by atoms with Crippen LogP contribution in [0.25, 0.3) is 6.08 Å². The van der Waals surface area contributed by atoms with Crippen molar-refractivity contribution in [1.82, 2.24) is 4.90 Å². The highest BCUT2D eigenvalue weighted by molar-refractivity contribution is 5.56. The highest BCUT2D eigenvalue weighted by Gasteiger charge is 2.20. The lowest BCUT2D eigenvalue weighted by Crippen LogP contribution is -2.37. The Morgan fingerprint density at radius 3 is 2.71 bits per heavy atom. The number of hydrogen-bond acceptors (Lipinski definition) is 2. The van der Waals surface area contributed by atoms with Crippen LogP contribution in [0.5, 0.6) is 0 Å². The number of benzene rings is 1. The Bertz CT molecular complexity index is 355. The molecule has 2 N–H and O–H groups in total. The number of rotatable bonds is 1. The summed E-state index contributed by atoms with van der Waals surface area (Å²) in [5, 5.41) is 0. The molecular formula is C12H16N2. The maximum atomic E-state index is 6.17. The van der Waals surface area contributed by atoms with Crippen molar-refractivity contribution in [2.75, 3.05) is 0 Å². The van der Waals surface area contributed by atoms with Crippen LogP contribution in [0.4, 0.5) is 0 Å². The number of fused-ring (bicyclic) bond motifs is 1. The van der Waals surface area contributed by atoms with Gasteiger partial charge >= 0.3 is 0 Å². The fraction of sp³-hybridized carbons (Fsp3) is 0.333. The molecule has 1 unspecified atom stereocenters. The Labute approximate surface area is 85.0 Å². The van der Waals surface area contributed by atoms with Gasteiger partial charge in [0, 0.05) is 12.2 Å². The van der Waals surface area contributed by atoms with Gasteiger partial charge in [-0.05, 0) is 31.1 Å². The first-order chi connectivity index (χ1) is 6.70. The summed E-state index contributed by atoms with van der Waals surface area (Å²) in [6, 6.07) is 8.72. The van der Waals surface area contributed by atoms with Crippen molar-refractivity contribution >= 4 is 6.08 Å². The summed E-state index contributed by atoms with van der Waals surface area (Å²) in [7, 11) is 0. The molecule has 1 aromatic carbocycles. The predicted octanol–water partition coefficient (Wildman–Crippen LogP) is 2.34. The van der Waals surface area contributed by atoms with Crippen LogP contribution in [-0.2, 0) is 0 Å². The van der Waals surface area contributed by atoms with E-state index in [-0.39, 0.29) is 6.17 Å². The lowest BCUT2D eigenvalue weighted by Gasteiger charge is -2.35. The minimum atomic E-state index is -0.00352. The van der Waals surface area contributed by atoms with Gasteiger partial charge in [-0.1, -0.05) is 24.3 Å². The first kappa shape index (κ1) is 9.28. The zero-order chi connectivity index (χ0) is 10.1. The summed E-state index contributed by atoms with van der Waals surface area (Å²) in [6.45, 7) is 4.30. The van der Waals surface area contributed by atoms with Crippen LogP contribution in [0.15, 0.2) is 30.5 Å². The molecule has 2 nitrogen and oxygen atoms in total. The second-order valence-electron chi connectivity index (χ2n) is 3.93. The molecule has 14 heavy (non-hydrogen) atoms. The van der Waals surface area contributed by atoms with E-state index in [4.69, 9.17) is 5.73 Å². The average Bonchev–Trinajstić information content (AvgIpc) is 2.18. The smallest absolute Gasteiger partial charge is 0.104 e. The fourth-order valence-electron chi connectivity index (χ4n) is 1.85. The van der Waals surface area contributed by atoms with Gasteiger partial charge in [-0.15, -0.1) is 0 Å². The predicted molar refractivity (Wildman–Crippen MR) is 59.4 cm³/mol. The maximum Gasteiger partial charge on any atom is 0.104 e. The fourth-order valence-corrected chi connectivity index (χ4v) is 1.85. The van der Waals surface area contributed by atoms with Gasteiger partial charge in [0.25, 0.3) is 0 Å². The van der Waals surface area contributed by atoms with E-state index in [0.717, 1.165) is 0 Å². The van der Waals surface area contributed by atoms with Gasteiger partial charge < -0.3 is 10.6 Å². The second kappa shape index (κ2) is 3.46. The summed E-state index contributed by atoms with van der Waals surface area (Å²) in [5.74, 6) is 0. The Morgan fingerprint density at radius 1 is 1.29 bits per heavy atom. The molecule has 1 aliphatic rings. The molecular weight excluding hydrogens is 172 g/mol. The molecule has 0 spiro atoms. The van der Waals surface area contributed by atoms with Crippen LogP contribution in [0, 0.1) is 0 Å². The Balaban J connectivity index is 2.40. The molecule has 0 amide bonds. The van der Waals surface area contributed by atoms with Crippen molar-refractivity contribution < 1.29 is 0 Å². The first-order valence-corrected chi connectivity index (χ1v) is 5.00. The average molecular weight is 188 g/mol. The summed E-state index contributed by atoms with van der Waals surface area (Å²) in [4.78, 5) is 2.17. The normalized spacial score (nSPS) is 20.0. The molecule has 1 heterocycles. The van der Waals surface area contributed by atoms with Crippen molar-refractivity contribution in [2.24, 2.45) is 5.73 Å². The molecule has 0 fully saturated rings. The van der Waals surface area contributed by atoms with Crippen LogP contribution in [0.1, 0.15) is 31.1 Å². The van der Waals surface area contributed by atoms with E-state index in [1.165, 1.54) is 11.1 Å². The summed E-state index contributed by atoms with van der Waals surface area (Å²) < 4.78 is 0. The van der Waals surface area contributed by atoms with Crippen LogP contribution < -0.4 is 5.73 Å². The van der Waals surface area contributed by atoms with Gasteiger partial charge in [-0.2, -0.15) is 0 Å². The van der Waals surface area contributed by atoms with E-state index in [9.17, 15) is 0 Å². The van der Waals surface area contributed by atoms with Crippen LogP contribution in [-0.4, -0.2) is 10.9 Å². The number of nitrogens with zero attached hydrogens (tertiary/aromatic N) is 1. The monoisotopic (exact) mass is 188 g/mol. The summed E-state index contributed by atoms with van der Waals surface area (Å²) in [5.41, 5.74) is 8.61. The number of hydrogen-bond donors (Lipinski definition) is 1. The topological polar surface area (TPSA) is 29.3 Å². The van der Waals surface area contributed by atoms with Gasteiger partial charge in [-0.3, -0.25) is 0 Å². The molecule has 2 heteroatoms. The van der Waals surface area contributed by atoms with Gasteiger partial charge in [-0.25, -0.2) is 0 Å². The first-order valence-electron chi connectivity index (χ1n) is 5.00. The van der Waals surface area contributed by atoms with Crippen molar-refractivity contribution in [1.29, 1.82) is 0 Å². The molecule has 0 saturated heterocycles. The van der Waals surface area contributed by atoms with Crippen molar-refractivity contribution in [3.8, 4) is 0 Å². The third kappa shape index (κ3) is 1.42. The zero-order valence-electron chi connectivity index (χ0n) is 8.64. The van der Waals surface area contributed by atoms with E-state index in [0.29, 0.717) is 6.04 Å². The molecule has 2 rings (SSSR count). The largest absolute Gasteiger partial charge is 0.356 e. The zero-order valence-corrected chi connectivity index (χ0v) is 8.64. The van der Waals surface area contributed by atoms with Gasteiger partial charge in [0.1, 0.15) is 6.17 Å². The standard InChI is InChI=1S/C12H16N2/c1-9(2)14-8-7-10-5-3-4-6-11(10)12(14)13/h3-9,12H,13H2,1-2H3.